The number of carboxylic acids is 1. The number of nitrogens with zero attached hydrogens (tertiary/aromatic N) is 6. The van der Waals surface area contributed by atoms with E-state index in [9.17, 15) is 28.4 Å². The molecular weight excluding hydrogens is 538 g/mol. The molecule has 204 valence electrons. The first kappa shape index (κ1) is 26.6. The molecule has 14 heteroatoms. The van der Waals surface area contributed by atoms with Gasteiger partial charge < -0.3 is 14.8 Å². The number of aromatic carboxylic acids is 1. The van der Waals surface area contributed by atoms with E-state index >= 15 is 0 Å². The molecule has 1 aliphatic rings. The van der Waals surface area contributed by atoms with E-state index in [1.165, 1.54) is 6.07 Å². The van der Waals surface area contributed by atoms with Crippen LogP contribution in [0.15, 0.2) is 60.7 Å². The number of carboxylic acid groups (broad SMARTS) is 1. The molecule has 2 aromatic carbocycles. The topological polar surface area (TPSA) is 180 Å². The minimum absolute atomic E-state index is 0.0153. The van der Waals surface area contributed by atoms with E-state index < -0.39 is 27.8 Å². The van der Waals surface area contributed by atoms with Crippen molar-refractivity contribution in [3.8, 4) is 11.9 Å². The number of hydrogen-bond acceptors (Lipinski definition) is 10. The Balaban J connectivity index is 1.32. The van der Waals surface area contributed by atoms with Gasteiger partial charge in [0.05, 0.1) is 11.3 Å². The Hall–Kier alpha value is -5.03. The van der Waals surface area contributed by atoms with E-state index in [2.05, 4.69) is 20.0 Å². The number of benzene rings is 2. The van der Waals surface area contributed by atoms with Gasteiger partial charge in [-0.1, -0.05) is 47.3 Å². The highest BCUT2D eigenvalue weighted by atomic mass is 32.2. The Kier molecular flexibility index (Phi) is 7.30. The molecule has 0 spiro atoms. The lowest BCUT2D eigenvalue weighted by Gasteiger charge is -2.32. The number of fused-ring (bicyclic) bond motifs is 1. The third-order valence-electron chi connectivity index (χ3n) is 6.43. The van der Waals surface area contributed by atoms with Crippen LogP contribution < -0.4 is 14.5 Å². The van der Waals surface area contributed by atoms with Crippen molar-refractivity contribution in [3.63, 3.8) is 0 Å². The van der Waals surface area contributed by atoms with Crippen molar-refractivity contribution in [2.45, 2.75) is 18.6 Å². The highest BCUT2D eigenvalue weighted by Gasteiger charge is 2.30. The molecule has 1 aliphatic heterocycles. The minimum Gasteiger partial charge on any atom is -0.477 e. The lowest BCUT2D eigenvalue weighted by Crippen LogP contribution is -2.43. The maximum atomic E-state index is 12.8. The van der Waals surface area contributed by atoms with Crippen LogP contribution in [0.1, 0.15) is 34.3 Å². The predicted octanol–water partition coefficient (Wildman–Crippen LogP) is 2.10. The number of nitriles is 1. The summed E-state index contributed by atoms with van der Waals surface area (Å²) in [6.07, 6.45) is 0.591. The van der Waals surface area contributed by atoms with Crippen molar-refractivity contribution in [2.75, 3.05) is 18.0 Å². The smallest absolute Gasteiger partial charge is 0.341 e. The van der Waals surface area contributed by atoms with E-state index in [0.29, 0.717) is 29.4 Å². The number of nitrogens with one attached hydrogen (secondary N) is 1. The summed E-state index contributed by atoms with van der Waals surface area (Å²) < 4.78 is 27.2. The fourth-order valence-corrected chi connectivity index (χ4v) is 5.63. The first-order valence-corrected chi connectivity index (χ1v) is 13.9. The summed E-state index contributed by atoms with van der Waals surface area (Å²) in [6, 6.07) is 18.6. The van der Waals surface area contributed by atoms with Gasteiger partial charge in [0, 0.05) is 19.0 Å². The Morgan fingerprint density at radius 3 is 2.50 bits per heavy atom. The van der Waals surface area contributed by atoms with Crippen LogP contribution in [-0.4, -0.2) is 58.6 Å². The lowest BCUT2D eigenvalue weighted by atomic mass is 9.96. The van der Waals surface area contributed by atoms with Crippen LogP contribution in [0.4, 0.5) is 5.82 Å². The highest BCUT2D eigenvalue weighted by Crippen LogP contribution is 2.30. The molecule has 2 aromatic heterocycles. The average Bonchev–Trinajstić information content (AvgIpc) is 3.35. The van der Waals surface area contributed by atoms with E-state index in [0.717, 1.165) is 4.85 Å². The number of hydrogen-bond donors (Lipinski definition) is 2. The first-order chi connectivity index (χ1) is 19.2. The number of carbonyl (C=O) groups is 2. The van der Waals surface area contributed by atoms with Crippen LogP contribution in [0.5, 0.6) is 5.88 Å². The van der Waals surface area contributed by atoms with Gasteiger partial charge in [-0.2, -0.15) is 10.2 Å². The molecule has 4 aromatic rings. The summed E-state index contributed by atoms with van der Waals surface area (Å²) in [5.41, 5.74) is 1.26. The molecule has 0 unspecified atom stereocenters. The Morgan fingerprint density at radius 1 is 1.10 bits per heavy atom. The van der Waals surface area contributed by atoms with E-state index in [1.807, 2.05) is 6.07 Å². The number of amides is 1. The van der Waals surface area contributed by atoms with Gasteiger partial charge in [-0.25, -0.2) is 13.2 Å². The molecule has 2 N–H and O–H groups in total. The van der Waals surface area contributed by atoms with Crippen molar-refractivity contribution in [2.24, 2.45) is 5.92 Å². The number of carbonyl (C=O) groups excluding carboxylic acids is 1. The summed E-state index contributed by atoms with van der Waals surface area (Å²) in [5, 5.41) is 27.3. The van der Waals surface area contributed by atoms with E-state index in [4.69, 9.17) is 4.84 Å². The predicted molar refractivity (Wildman–Crippen MR) is 142 cm³/mol. The molecular formula is C26H23N7O6S. The van der Waals surface area contributed by atoms with Crippen LogP contribution in [0.3, 0.4) is 0 Å². The number of para-hydroxylation sites is 1. The molecule has 0 bridgehead atoms. The van der Waals surface area contributed by atoms with Gasteiger partial charge >= 0.3 is 5.97 Å². The molecule has 0 aliphatic carbocycles. The summed E-state index contributed by atoms with van der Waals surface area (Å²) in [7, 11) is -3.87. The van der Waals surface area contributed by atoms with Gasteiger partial charge in [0.15, 0.2) is 5.82 Å². The lowest BCUT2D eigenvalue weighted by molar-refractivity contribution is -0.123. The van der Waals surface area contributed by atoms with Gasteiger partial charge in [-0.05, 0) is 41.8 Å². The zero-order valence-electron chi connectivity index (χ0n) is 21.0. The van der Waals surface area contributed by atoms with Crippen molar-refractivity contribution >= 4 is 38.8 Å². The molecule has 1 amide bonds. The first-order valence-electron chi connectivity index (χ1n) is 12.2. The summed E-state index contributed by atoms with van der Waals surface area (Å²) in [5.74, 6) is -2.92. The second-order valence-electron chi connectivity index (χ2n) is 9.14. The van der Waals surface area contributed by atoms with Gasteiger partial charge in [0.1, 0.15) is 22.7 Å². The zero-order valence-corrected chi connectivity index (χ0v) is 21.8. The second kappa shape index (κ2) is 11.0. The normalized spacial score (nSPS) is 14.0. The molecule has 1 saturated heterocycles. The monoisotopic (exact) mass is 561 g/mol. The third kappa shape index (κ3) is 5.69. The van der Waals surface area contributed by atoms with Crippen LogP contribution in [-0.2, 0) is 20.6 Å². The standard InChI is InChI=1S/C26H23N7O6S/c27-15-19-14-20(26(35)36)25(39-33-22-9-5-4-8-21(22)29-31-33)28-23(19)32-12-10-18(11-13-32)24(34)30-40(37,38)16-17-6-2-1-3-7-17/h1-9,14,18H,10-13,16H2,(H,30,34)(H,35,36). The largest absolute Gasteiger partial charge is 0.477 e. The van der Waals surface area contributed by atoms with E-state index in [1.54, 1.807) is 59.5 Å². The van der Waals surface area contributed by atoms with Crippen molar-refractivity contribution in [3.05, 3.63) is 77.4 Å². The molecule has 5 rings (SSSR count). The molecule has 3 heterocycles. The van der Waals surface area contributed by atoms with Crippen molar-refractivity contribution < 1.29 is 28.0 Å². The molecule has 40 heavy (non-hydrogen) atoms. The van der Waals surface area contributed by atoms with Crippen molar-refractivity contribution in [1.82, 2.24) is 24.9 Å². The van der Waals surface area contributed by atoms with Gasteiger partial charge in [0.2, 0.25) is 15.9 Å². The van der Waals surface area contributed by atoms with Gasteiger partial charge in [-0.3, -0.25) is 9.52 Å². The molecule has 0 saturated carbocycles. The fourth-order valence-electron chi connectivity index (χ4n) is 4.45. The number of pyridine rings is 1. The number of sulfonamides is 1. The molecule has 13 nitrogen and oxygen atoms in total. The van der Waals surface area contributed by atoms with Crippen LogP contribution in [0.2, 0.25) is 0 Å². The summed E-state index contributed by atoms with van der Waals surface area (Å²) in [6.45, 7) is 0.549. The summed E-state index contributed by atoms with van der Waals surface area (Å²) in [4.78, 5) is 37.5. The summed E-state index contributed by atoms with van der Waals surface area (Å²) >= 11 is 0. The van der Waals surface area contributed by atoms with Gasteiger partial charge in [0.25, 0.3) is 5.88 Å². The Morgan fingerprint density at radius 2 is 1.80 bits per heavy atom. The van der Waals surface area contributed by atoms with Gasteiger partial charge in [-0.15, -0.1) is 5.10 Å². The number of anilines is 1. The molecule has 0 radical (unpaired) electrons. The number of rotatable bonds is 8. The third-order valence-corrected chi connectivity index (χ3v) is 7.66. The molecule has 1 fully saturated rings. The number of aromatic nitrogens is 4. The maximum absolute atomic E-state index is 12.8. The minimum atomic E-state index is -3.87. The average molecular weight is 562 g/mol. The Bertz CT molecular complexity index is 1730. The van der Waals surface area contributed by atoms with Crippen LogP contribution in [0.25, 0.3) is 11.0 Å². The quantitative estimate of drug-likeness (QED) is 0.321. The number of piperidine rings is 1. The van der Waals surface area contributed by atoms with Crippen molar-refractivity contribution in [1.29, 1.82) is 5.26 Å². The van der Waals surface area contributed by atoms with Crippen LogP contribution in [0, 0.1) is 17.2 Å². The fraction of sp³-hybridized carbons (Fsp3) is 0.231. The SMILES string of the molecule is N#Cc1cc(C(=O)O)c(On2nnc3ccccc32)nc1N1CCC(C(=O)NS(=O)(=O)Cc2ccccc2)CC1. The molecule has 0 atom stereocenters. The maximum Gasteiger partial charge on any atom is 0.341 e. The zero-order chi connectivity index (χ0) is 28.3. The Labute approximate surface area is 228 Å². The second-order valence-corrected chi connectivity index (χ2v) is 10.9. The highest BCUT2D eigenvalue weighted by molar-refractivity contribution is 7.89. The van der Waals surface area contributed by atoms with Crippen LogP contribution >= 0.6 is 0 Å². The van der Waals surface area contributed by atoms with E-state index in [-0.39, 0.29) is 41.7 Å².